The molecule has 2 heterocycles. The topological polar surface area (TPSA) is 77.0 Å². The van der Waals surface area contributed by atoms with Gasteiger partial charge in [0.15, 0.2) is 0 Å². The maximum Gasteiger partial charge on any atom is 0.0642 e. The van der Waals surface area contributed by atoms with E-state index >= 15 is 0 Å². The summed E-state index contributed by atoms with van der Waals surface area (Å²) in [7, 11) is 0. The molecular formula is C20H28N4O2. The molecule has 0 aliphatic carbocycles. The SMILES string of the molecule is Nc1cccc(N2CCOCC2)c1.Nc1cccc(N2CCOCC2)c1. The normalized spacial score (nSPS) is 17.4. The molecule has 0 bridgehead atoms. The van der Waals surface area contributed by atoms with Gasteiger partial charge in [-0.3, -0.25) is 0 Å². The van der Waals surface area contributed by atoms with Crippen molar-refractivity contribution in [2.24, 2.45) is 0 Å². The molecule has 2 aliphatic rings. The zero-order chi connectivity index (χ0) is 18.2. The minimum Gasteiger partial charge on any atom is -0.399 e. The van der Waals surface area contributed by atoms with Crippen LogP contribution in [0.25, 0.3) is 0 Å². The monoisotopic (exact) mass is 356 g/mol. The summed E-state index contributed by atoms with van der Waals surface area (Å²) in [6.45, 7) is 7.10. The van der Waals surface area contributed by atoms with E-state index in [2.05, 4.69) is 21.9 Å². The molecule has 0 radical (unpaired) electrons. The van der Waals surface area contributed by atoms with Gasteiger partial charge in [0.25, 0.3) is 0 Å². The van der Waals surface area contributed by atoms with Gasteiger partial charge >= 0.3 is 0 Å². The van der Waals surface area contributed by atoms with Crippen molar-refractivity contribution < 1.29 is 9.47 Å². The van der Waals surface area contributed by atoms with Crippen molar-refractivity contribution in [3.63, 3.8) is 0 Å². The molecule has 6 nitrogen and oxygen atoms in total. The lowest BCUT2D eigenvalue weighted by atomic mass is 10.2. The van der Waals surface area contributed by atoms with Crippen molar-refractivity contribution in [3.05, 3.63) is 48.5 Å². The first kappa shape index (κ1) is 18.4. The van der Waals surface area contributed by atoms with Gasteiger partial charge in [0.1, 0.15) is 0 Å². The molecule has 0 aromatic heterocycles. The highest BCUT2D eigenvalue weighted by Crippen LogP contribution is 2.19. The van der Waals surface area contributed by atoms with Crippen molar-refractivity contribution in [1.29, 1.82) is 0 Å². The Morgan fingerprint density at radius 2 is 1.00 bits per heavy atom. The first-order valence-corrected chi connectivity index (χ1v) is 9.09. The lowest BCUT2D eigenvalue weighted by Crippen LogP contribution is -2.36. The van der Waals surface area contributed by atoms with Crippen LogP contribution in [0.3, 0.4) is 0 Å². The molecule has 2 aromatic rings. The summed E-state index contributed by atoms with van der Waals surface area (Å²) in [5, 5.41) is 0. The molecule has 2 saturated heterocycles. The average Bonchev–Trinajstić information content (AvgIpc) is 2.70. The number of anilines is 4. The fourth-order valence-corrected chi connectivity index (χ4v) is 3.09. The highest BCUT2D eigenvalue weighted by molar-refractivity contribution is 5.56. The number of hydrogen-bond acceptors (Lipinski definition) is 6. The minimum atomic E-state index is 0.814. The Hall–Kier alpha value is -2.44. The molecule has 0 unspecified atom stereocenters. The van der Waals surface area contributed by atoms with E-state index in [0.29, 0.717) is 0 Å². The molecule has 4 rings (SSSR count). The van der Waals surface area contributed by atoms with E-state index in [1.165, 1.54) is 11.4 Å². The number of nitrogens with two attached hydrogens (primary N) is 2. The van der Waals surface area contributed by atoms with Crippen LogP contribution in [0.5, 0.6) is 0 Å². The number of rotatable bonds is 2. The second-order valence-electron chi connectivity index (χ2n) is 6.39. The summed E-state index contributed by atoms with van der Waals surface area (Å²) in [5.41, 5.74) is 15.5. The maximum absolute atomic E-state index is 5.71. The van der Waals surface area contributed by atoms with Crippen LogP contribution in [-0.4, -0.2) is 52.6 Å². The van der Waals surface area contributed by atoms with Crippen molar-refractivity contribution in [1.82, 2.24) is 0 Å². The molecule has 4 N–H and O–H groups in total. The van der Waals surface area contributed by atoms with E-state index < -0.39 is 0 Å². The number of hydrogen-bond donors (Lipinski definition) is 2. The van der Waals surface area contributed by atoms with E-state index in [4.69, 9.17) is 20.9 Å². The third-order valence-electron chi connectivity index (χ3n) is 4.49. The van der Waals surface area contributed by atoms with Crippen LogP contribution in [0.4, 0.5) is 22.7 Å². The first-order valence-electron chi connectivity index (χ1n) is 9.09. The Bertz CT molecular complexity index is 624. The van der Waals surface area contributed by atoms with Crippen LogP contribution in [0.15, 0.2) is 48.5 Å². The molecule has 6 heteroatoms. The van der Waals surface area contributed by atoms with E-state index in [1.807, 2.05) is 36.4 Å². The molecule has 2 fully saturated rings. The molecule has 0 amide bonds. The van der Waals surface area contributed by atoms with Gasteiger partial charge in [-0.25, -0.2) is 0 Å². The van der Waals surface area contributed by atoms with Gasteiger partial charge in [-0.05, 0) is 36.4 Å². The van der Waals surface area contributed by atoms with Crippen molar-refractivity contribution in [2.45, 2.75) is 0 Å². The summed E-state index contributed by atoms with van der Waals surface area (Å²) in [6, 6.07) is 16.0. The third-order valence-corrected chi connectivity index (χ3v) is 4.49. The average molecular weight is 356 g/mol. The summed E-state index contributed by atoms with van der Waals surface area (Å²) in [5.74, 6) is 0. The van der Waals surface area contributed by atoms with Gasteiger partial charge in [-0.15, -0.1) is 0 Å². The molecule has 2 aliphatic heterocycles. The molecule has 0 saturated carbocycles. The van der Waals surface area contributed by atoms with Gasteiger partial charge in [-0.1, -0.05) is 12.1 Å². The summed E-state index contributed by atoms with van der Waals surface area (Å²) in [4.78, 5) is 4.58. The molecule has 0 spiro atoms. The largest absolute Gasteiger partial charge is 0.399 e. The predicted molar refractivity (Wildman–Crippen MR) is 108 cm³/mol. The van der Waals surface area contributed by atoms with Crippen LogP contribution < -0.4 is 21.3 Å². The Kier molecular flexibility index (Phi) is 6.57. The van der Waals surface area contributed by atoms with Crippen LogP contribution in [-0.2, 0) is 9.47 Å². The van der Waals surface area contributed by atoms with Crippen LogP contribution in [0, 0.1) is 0 Å². The van der Waals surface area contributed by atoms with Gasteiger partial charge in [0, 0.05) is 48.9 Å². The quantitative estimate of drug-likeness (QED) is 0.804. The van der Waals surface area contributed by atoms with E-state index in [-0.39, 0.29) is 0 Å². The van der Waals surface area contributed by atoms with Gasteiger partial charge in [0.2, 0.25) is 0 Å². The minimum absolute atomic E-state index is 0.814. The highest BCUT2D eigenvalue weighted by Gasteiger charge is 2.11. The number of morpholine rings is 2. The molecular weight excluding hydrogens is 328 g/mol. The van der Waals surface area contributed by atoms with Crippen molar-refractivity contribution in [2.75, 3.05) is 73.9 Å². The first-order chi connectivity index (χ1) is 12.7. The fourth-order valence-electron chi connectivity index (χ4n) is 3.09. The number of nitrogen functional groups attached to an aromatic ring is 2. The molecule has 26 heavy (non-hydrogen) atoms. The Balaban J connectivity index is 0.000000151. The van der Waals surface area contributed by atoms with Crippen molar-refractivity contribution in [3.8, 4) is 0 Å². The zero-order valence-corrected chi connectivity index (χ0v) is 15.1. The smallest absolute Gasteiger partial charge is 0.0642 e. The Morgan fingerprint density at radius 1 is 0.615 bits per heavy atom. The van der Waals surface area contributed by atoms with E-state index in [9.17, 15) is 0 Å². The van der Waals surface area contributed by atoms with Crippen LogP contribution in [0.1, 0.15) is 0 Å². The van der Waals surface area contributed by atoms with Crippen molar-refractivity contribution >= 4 is 22.7 Å². The Morgan fingerprint density at radius 3 is 1.35 bits per heavy atom. The standard InChI is InChI=1S/2C10H14N2O/c2*11-9-2-1-3-10(8-9)12-4-6-13-7-5-12/h2*1-3,8H,4-7,11H2. The summed E-state index contributed by atoms with van der Waals surface area (Å²) < 4.78 is 10.6. The van der Waals surface area contributed by atoms with E-state index in [1.54, 1.807) is 0 Å². The van der Waals surface area contributed by atoms with Crippen LogP contribution in [0.2, 0.25) is 0 Å². The number of benzene rings is 2. The number of nitrogens with zero attached hydrogens (tertiary/aromatic N) is 2. The zero-order valence-electron chi connectivity index (χ0n) is 15.1. The lowest BCUT2D eigenvalue weighted by Gasteiger charge is -2.28. The molecule has 0 atom stereocenters. The fraction of sp³-hybridized carbons (Fsp3) is 0.400. The highest BCUT2D eigenvalue weighted by atomic mass is 16.5. The van der Waals surface area contributed by atoms with Gasteiger partial charge in [-0.2, -0.15) is 0 Å². The number of ether oxygens (including phenoxy) is 2. The van der Waals surface area contributed by atoms with Gasteiger partial charge in [0.05, 0.1) is 26.4 Å². The maximum atomic E-state index is 5.71. The second kappa shape index (κ2) is 9.31. The predicted octanol–water partition coefficient (Wildman–Crippen LogP) is 2.21. The lowest BCUT2D eigenvalue weighted by molar-refractivity contribution is 0.122. The third kappa shape index (κ3) is 5.28. The van der Waals surface area contributed by atoms with Crippen LogP contribution >= 0.6 is 0 Å². The van der Waals surface area contributed by atoms with E-state index in [0.717, 1.165) is 64.0 Å². The Labute approximate surface area is 155 Å². The molecule has 2 aromatic carbocycles. The summed E-state index contributed by atoms with van der Waals surface area (Å²) in [6.07, 6.45) is 0. The molecule has 140 valence electrons. The van der Waals surface area contributed by atoms with Gasteiger partial charge < -0.3 is 30.7 Å². The second-order valence-corrected chi connectivity index (χ2v) is 6.39. The summed E-state index contributed by atoms with van der Waals surface area (Å²) >= 11 is 0.